The fraction of sp³-hybridized carbons (Fsp3) is 0. The second kappa shape index (κ2) is 8.19. The molecule has 8 rings (SSSR count). The molecule has 0 bridgehead atoms. The molecule has 0 saturated heterocycles. The third-order valence-corrected chi connectivity index (χ3v) is 7.44. The van der Waals surface area contributed by atoms with Gasteiger partial charge < -0.3 is 8.82 Å². The van der Waals surface area contributed by atoms with Crippen molar-refractivity contribution in [3.05, 3.63) is 134 Å². The minimum atomic E-state index is 0.918. The summed E-state index contributed by atoms with van der Waals surface area (Å²) in [5.74, 6) is 0. The first-order valence-corrected chi connectivity index (χ1v) is 12.8. The van der Waals surface area contributed by atoms with Crippen molar-refractivity contribution in [1.29, 1.82) is 0 Å². The zero-order valence-corrected chi connectivity index (χ0v) is 20.5. The van der Waals surface area contributed by atoms with Crippen LogP contribution in [0.5, 0.6) is 0 Å². The van der Waals surface area contributed by atoms with E-state index in [0.29, 0.717) is 0 Å². The van der Waals surface area contributed by atoms with E-state index in [9.17, 15) is 0 Å². The molecule has 0 saturated carbocycles. The van der Waals surface area contributed by atoms with Gasteiger partial charge in [-0.3, -0.25) is 0 Å². The van der Waals surface area contributed by atoms with E-state index in [4.69, 9.17) is 9.40 Å². The minimum Gasteiger partial charge on any atom is -0.455 e. The molecule has 38 heavy (non-hydrogen) atoms. The number of pyridine rings is 1. The van der Waals surface area contributed by atoms with Crippen molar-refractivity contribution in [2.24, 2.45) is 0 Å². The Hall–Kier alpha value is -5.15. The molecule has 0 spiro atoms. The average molecular weight is 487 g/mol. The summed E-state index contributed by atoms with van der Waals surface area (Å²) >= 11 is 0. The molecule has 0 radical (unpaired) electrons. The molecule has 0 aliphatic carbocycles. The molecule has 3 nitrogen and oxygen atoms in total. The topological polar surface area (TPSA) is 30.4 Å². The lowest BCUT2D eigenvalue weighted by Crippen LogP contribution is -1.85. The monoisotopic (exact) mass is 486 g/mol. The van der Waals surface area contributed by atoms with Crippen molar-refractivity contribution in [3.8, 4) is 33.5 Å². The number of para-hydroxylation sites is 1. The third-order valence-electron chi connectivity index (χ3n) is 7.44. The second-order valence-corrected chi connectivity index (χ2v) is 9.69. The zero-order chi connectivity index (χ0) is 25.1. The summed E-state index contributed by atoms with van der Waals surface area (Å²) in [6.45, 7) is 0. The number of rotatable bonds is 3. The van der Waals surface area contributed by atoms with Crippen LogP contribution in [-0.4, -0.2) is 9.38 Å². The van der Waals surface area contributed by atoms with Crippen LogP contribution in [0.4, 0.5) is 0 Å². The summed E-state index contributed by atoms with van der Waals surface area (Å²) in [6, 6.07) is 42.6. The maximum absolute atomic E-state index is 6.43. The first-order valence-electron chi connectivity index (χ1n) is 12.8. The SMILES string of the molecule is c1ccc2c(-c3ccc(-c4ccc(-c5cn6ccccc6n5)cc4)cc3)c3oc4ccccc4c3cc2c1. The molecule has 3 heterocycles. The summed E-state index contributed by atoms with van der Waals surface area (Å²) in [5, 5.41) is 4.72. The van der Waals surface area contributed by atoms with Gasteiger partial charge in [-0.25, -0.2) is 4.98 Å². The minimum absolute atomic E-state index is 0.918. The van der Waals surface area contributed by atoms with Gasteiger partial charge in [-0.15, -0.1) is 0 Å². The summed E-state index contributed by atoms with van der Waals surface area (Å²) in [4.78, 5) is 4.75. The molecule has 0 N–H and O–H groups in total. The molecule has 0 aliphatic rings. The van der Waals surface area contributed by atoms with Crippen LogP contribution >= 0.6 is 0 Å². The van der Waals surface area contributed by atoms with E-state index in [1.807, 2.05) is 40.9 Å². The van der Waals surface area contributed by atoms with Crippen molar-refractivity contribution in [3.63, 3.8) is 0 Å². The Bertz CT molecular complexity index is 2080. The highest BCUT2D eigenvalue weighted by Gasteiger charge is 2.16. The lowest BCUT2D eigenvalue weighted by Gasteiger charge is -2.10. The number of nitrogens with zero attached hydrogens (tertiary/aromatic N) is 2. The predicted molar refractivity (Wildman–Crippen MR) is 156 cm³/mol. The number of benzene rings is 5. The van der Waals surface area contributed by atoms with Crippen molar-refractivity contribution < 1.29 is 4.42 Å². The highest BCUT2D eigenvalue weighted by atomic mass is 16.3. The normalized spacial score (nSPS) is 11.7. The molecule has 0 atom stereocenters. The van der Waals surface area contributed by atoms with E-state index in [0.717, 1.165) is 50.0 Å². The molecule has 0 fully saturated rings. The van der Waals surface area contributed by atoms with Crippen LogP contribution in [0.2, 0.25) is 0 Å². The maximum Gasteiger partial charge on any atom is 0.143 e. The third kappa shape index (κ3) is 3.26. The first kappa shape index (κ1) is 21.0. The number of hydrogen-bond donors (Lipinski definition) is 0. The van der Waals surface area contributed by atoms with Gasteiger partial charge in [-0.1, -0.05) is 97.1 Å². The summed E-state index contributed by atoms with van der Waals surface area (Å²) < 4.78 is 8.48. The molecule has 178 valence electrons. The largest absolute Gasteiger partial charge is 0.455 e. The molecule has 8 aromatic rings. The molecule has 5 aromatic carbocycles. The fourth-order valence-electron chi connectivity index (χ4n) is 5.55. The lowest BCUT2D eigenvalue weighted by atomic mass is 9.93. The van der Waals surface area contributed by atoms with E-state index in [1.54, 1.807) is 0 Å². The standard InChI is InChI=1S/C35H22N2O/c1-2-8-28-27(7-1)21-30-29-9-3-4-10-32(29)38-35(30)34(28)26-18-14-24(15-19-26)23-12-16-25(17-13-23)31-22-37-20-6-5-11-33(37)36-31/h1-22H. The van der Waals surface area contributed by atoms with Crippen molar-refractivity contribution in [1.82, 2.24) is 9.38 Å². The Morgan fingerprint density at radius 1 is 0.553 bits per heavy atom. The quantitative estimate of drug-likeness (QED) is 0.249. The number of furan rings is 1. The van der Waals surface area contributed by atoms with Crippen molar-refractivity contribution in [2.45, 2.75) is 0 Å². The Kier molecular flexibility index (Phi) is 4.52. The highest BCUT2D eigenvalue weighted by Crippen LogP contribution is 2.41. The fourth-order valence-corrected chi connectivity index (χ4v) is 5.55. The number of aromatic nitrogens is 2. The molecule has 0 unspecified atom stereocenters. The van der Waals surface area contributed by atoms with Crippen LogP contribution in [0.1, 0.15) is 0 Å². The average Bonchev–Trinajstić information content (AvgIpc) is 3.58. The molecule has 3 heteroatoms. The van der Waals surface area contributed by atoms with E-state index < -0.39 is 0 Å². The Labute approximate surface area is 219 Å². The first-order chi connectivity index (χ1) is 18.8. The van der Waals surface area contributed by atoms with Crippen LogP contribution in [0.3, 0.4) is 0 Å². The van der Waals surface area contributed by atoms with Gasteiger partial charge in [0.1, 0.15) is 16.8 Å². The van der Waals surface area contributed by atoms with Crippen LogP contribution in [0.15, 0.2) is 138 Å². The van der Waals surface area contributed by atoms with Gasteiger partial charge in [-0.2, -0.15) is 0 Å². The second-order valence-electron chi connectivity index (χ2n) is 9.69. The van der Waals surface area contributed by atoms with Gasteiger partial charge in [0, 0.05) is 34.3 Å². The van der Waals surface area contributed by atoms with Crippen LogP contribution in [0.25, 0.3) is 71.9 Å². The Morgan fingerprint density at radius 3 is 2.00 bits per heavy atom. The van der Waals surface area contributed by atoms with Crippen molar-refractivity contribution in [2.75, 3.05) is 0 Å². The summed E-state index contributed by atoms with van der Waals surface area (Å²) in [7, 11) is 0. The van der Waals surface area contributed by atoms with Crippen LogP contribution < -0.4 is 0 Å². The predicted octanol–water partition coefficient (Wildman–Crippen LogP) is 9.39. The highest BCUT2D eigenvalue weighted by molar-refractivity contribution is 6.18. The van der Waals surface area contributed by atoms with Crippen molar-refractivity contribution >= 4 is 38.4 Å². The Morgan fingerprint density at radius 2 is 1.21 bits per heavy atom. The van der Waals surface area contributed by atoms with E-state index in [2.05, 4.69) is 97.2 Å². The summed E-state index contributed by atoms with van der Waals surface area (Å²) in [6.07, 6.45) is 4.10. The Balaban J connectivity index is 1.20. The van der Waals surface area contributed by atoms with Gasteiger partial charge >= 0.3 is 0 Å². The van der Waals surface area contributed by atoms with Gasteiger partial charge in [0.05, 0.1) is 5.69 Å². The summed E-state index contributed by atoms with van der Waals surface area (Å²) in [5.41, 5.74) is 9.54. The van der Waals surface area contributed by atoms with Crippen LogP contribution in [-0.2, 0) is 0 Å². The van der Waals surface area contributed by atoms with Crippen LogP contribution in [0, 0.1) is 0 Å². The van der Waals surface area contributed by atoms with E-state index in [-0.39, 0.29) is 0 Å². The van der Waals surface area contributed by atoms with Gasteiger partial charge in [-0.05, 0) is 51.7 Å². The van der Waals surface area contributed by atoms with E-state index in [1.165, 1.54) is 21.9 Å². The maximum atomic E-state index is 6.43. The van der Waals surface area contributed by atoms with Gasteiger partial charge in [0.2, 0.25) is 0 Å². The number of imidazole rings is 1. The van der Waals surface area contributed by atoms with E-state index >= 15 is 0 Å². The number of hydrogen-bond acceptors (Lipinski definition) is 2. The smallest absolute Gasteiger partial charge is 0.143 e. The molecular weight excluding hydrogens is 464 g/mol. The zero-order valence-electron chi connectivity index (χ0n) is 20.5. The molecule has 0 amide bonds. The molecular formula is C35H22N2O. The lowest BCUT2D eigenvalue weighted by molar-refractivity contribution is 0.670. The van der Waals surface area contributed by atoms with Gasteiger partial charge in [0.25, 0.3) is 0 Å². The van der Waals surface area contributed by atoms with Gasteiger partial charge in [0.15, 0.2) is 0 Å². The number of fused-ring (bicyclic) bond motifs is 5. The molecule has 0 aliphatic heterocycles. The molecule has 3 aromatic heterocycles.